The van der Waals surface area contributed by atoms with Crippen molar-refractivity contribution in [2.75, 3.05) is 26.2 Å². The van der Waals surface area contributed by atoms with Crippen molar-refractivity contribution in [3.8, 4) is 5.75 Å². The van der Waals surface area contributed by atoms with Gasteiger partial charge in [0, 0.05) is 19.0 Å². The number of nitrogens with zero attached hydrogens (tertiary/aromatic N) is 1. The number of nitrogens with one attached hydrogen (secondary N) is 1. The maximum Gasteiger partial charge on any atom is 0.416 e. The zero-order valence-corrected chi connectivity index (χ0v) is 13.3. The van der Waals surface area contributed by atoms with Crippen LogP contribution in [-0.4, -0.2) is 48.4 Å². The highest BCUT2D eigenvalue weighted by atomic mass is 19.4. The lowest BCUT2D eigenvalue weighted by molar-refractivity contribution is -0.137. The van der Waals surface area contributed by atoms with Gasteiger partial charge in [0.1, 0.15) is 12.4 Å². The number of urea groups is 1. The van der Waals surface area contributed by atoms with E-state index >= 15 is 0 Å². The summed E-state index contributed by atoms with van der Waals surface area (Å²) in [4.78, 5) is 13.6. The highest BCUT2D eigenvalue weighted by Crippen LogP contribution is 2.31. The minimum Gasteiger partial charge on any atom is -0.492 e. The lowest BCUT2D eigenvalue weighted by Gasteiger charge is -2.18. The van der Waals surface area contributed by atoms with Crippen molar-refractivity contribution in [1.29, 1.82) is 0 Å². The summed E-state index contributed by atoms with van der Waals surface area (Å²) in [5, 5.41) is 12.2. The second-order valence-electron chi connectivity index (χ2n) is 5.84. The standard InChI is InChI=1S/C16H21F3N2O3/c1-11(22)12-5-7-21(10-12)15(23)20-6-8-24-14-4-2-3-13(9-14)16(17,18)19/h2-4,9,11-12,22H,5-8,10H2,1H3,(H,20,23)/t11-,12-/m0/s1. The number of amides is 2. The quantitative estimate of drug-likeness (QED) is 0.806. The number of halogens is 3. The van der Waals surface area contributed by atoms with E-state index in [1.807, 2.05) is 0 Å². The molecular weight excluding hydrogens is 325 g/mol. The van der Waals surface area contributed by atoms with Crippen molar-refractivity contribution < 1.29 is 27.8 Å². The van der Waals surface area contributed by atoms with Crippen LogP contribution < -0.4 is 10.1 Å². The predicted molar refractivity (Wildman–Crippen MR) is 81.7 cm³/mol. The van der Waals surface area contributed by atoms with E-state index in [0.29, 0.717) is 13.1 Å². The fraction of sp³-hybridized carbons (Fsp3) is 0.562. The molecule has 134 valence electrons. The number of alkyl halides is 3. The van der Waals surface area contributed by atoms with Crippen LogP contribution in [0.15, 0.2) is 24.3 Å². The molecule has 1 aliphatic heterocycles. The number of ether oxygens (including phenoxy) is 1. The van der Waals surface area contributed by atoms with E-state index in [2.05, 4.69) is 5.32 Å². The molecule has 0 bridgehead atoms. The number of aliphatic hydroxyl groups excluding tert-OH is 1. The van der Waals surface area contributed by atoms with Crippen LogP contribution in [0.4, 0.5) is 18.0 Å². The monoisotopic (exact) mass is 346 g/mol. The second kappa shape index (κ2) is 7.74. The van der Waals surface area contributed by atoms with E-state index in [-0.39, 0.29) is 30.9 Å². The third-order valence-corrected chi connectivity index (χ3v) is 4.00. The van der Waals surface area contributed by atoms with Gasteiger partial charge in [-0.2, -0.15) is 13.2 Å². The van der Waals surface area contributed by atoms with Crippen molar-refractivity contribution in [1.82, 2.24) is 10.2 Å². The Bertz CT molecular complexity index is 564. The molecule has 0 spiro atoms. The summed E-state index contributed by atoms with van der Waals surface area (Å²) in [6.45, 7) is 3.04. The topological polar surface area (TPSA) is 61.8 Å². The lowest BCUT2D eigenvalue weighted by Crippen LogP contribution is -2.40. The first-order valence-corrected chi connectivity index (χ1v) is 7.78. The lowest BCUT2D eigenvalue weighted by atomic mass is 10.0. The van der Waals surface area contributed by atoms with Crippen molar-refractivity contribution in [2.24, 2.45) is 5.92 Å². The van der Waals surface area contributed by atoms with Gasteiger partial charge in [-0.3, -0.25) is 0 Å². The zero-order chi connectivity index (χ0) is 17.7. The van der Waals surface area contributed by atoms with Gasteiger partial charge in [-0.25, -0.2) is 4.79 Å². The summed E-state index contributed by atoms with van der Waals surface area (Å²) < 4.78 is 43.0. The summed E-state index contributed by atoms with van der Waals surface area (Å²) in [6, 6.07) is 4.35. The molecule has 2 N–H and O–H groups in total. The Hall–Kier alpha value is -1.96. The summed E-state index contributed by atoms with van der Waals surface area (Å²) in [7, 11) is 0. The van der Waals surface area contributed by atoms with E-state index < -0.39 is 17.8 Å². The number of benzene rings is 1. The Morgan fingerprint density at radius 3 is 2.88 bits per heavy atom. The molecule has 2 amide bonds. The Morgan fingerprint density at radius 2 is 2.25 bits per heavy atom. The van der Waals surface area contributed by atoms with Crippen molar-refractivity contribution >= 4 is 6.03 Å². The van der Waals surface area contributed by atoms with Crippen LogP contribution in [0, 0.1) is 5.92 Å². The molecule has 1 heterocycles. The number of carbonyl (C=O) groups is 1. The van der Waals surface area contributed by atoms with Crippen LogP contribution in [0.1, 0.15) is 18.9 Å². The third kappa shape index (κ3) is 5.02. The van der Waals surface area contributed by atoms with Gasteiger partial charge in [0.2, 0.25) is 0 Å². The minimum absolute atomic E-state index is 0.0702. The fourth-order valence-corrected chi connectivity index (χ4v) is 2.57. The van der Waals surface area contributed by atoms with Gasteiger partial charge in [-0.1, -0.05) is 6.07 Å². The van der Waals surface area contributed by atoms with Gasteiger partial charge in [0.25, 0.3) is 0 Å². The minimum atomic E-state index is -4.41. The number of likely N-dealkylation sites (tertiary alicyclic amines) is 1. The SMILES string of the molecule is C[C@H](O)[C@H]1CCN(C(=O)NCCOc2cccc(C(F)(F)F)c2)C1. The van der Waals surface area contributed by atoms with Crippen LogP contribution in [-0.2, 0) is 6.18 Å². The van der Waals surface area contributed by atoms with Crippen LogP contribution in [0.25, 0.3) is 0 Å². The van der Waals surface area contributed by atoms with E-state index in [0.717, 1.165) is 18.6 Å². The molecule has 1 saturated heterocycles. The summed E-state index contributed by atoms with van der Waals surface area (Å²) in [5.74, 6) is 0.187. The molecule has 0 aromatic heterocycles. The molecule has 1 aromatic rings. The largest absolute Gasteiger partial charge is 0.492 e. The maximum atomic E-state index is 12.6. The van der Waals surface area contributed by atoms with Crippen molar-refractivity contribution in [2.45, 2.75) is 25.6 Å². The van der Waals surface area contributed by atoms with Gasteiger partial charge < -0.3 is 20.1 Å². The van der Waals surface area contributed by atoms with E-state index in [4.69, 9.17) is 4.74 Å². The van der Waals surface area contributed by atoms with Crippen LogP contribution >= 0.6 is 0 Å². The molecule has 2 atom stereocenters. The Balaban J connectivity index is 1.73. The van der Waals surface area contributed by atoms with Gasteiger partial charge in [0.15, 0.2) is 0 Å². The Kier molecular flexibility index (Phi) is 5.93. The molecule has 0 aliphatic carbocycles. The second-order valence-corrected chi connectivity index (χ2v) is 5.84. The number of hydrogen-bond donors (Lipinski definition) is 2. The highest BCUT2D eigenvalue weighted by molar-refractivity contribution is 5.74. The number of aliphatic hydroxyl groups is 1. The molecule has 1 aromatic carbocycles. The Labute approximate surface area is 138 Å². The van der Waals surface area contributed by atoms with E-state index in [9.17, 15) is 23.1 Å². The first kappa shape index (κ1) is 18.4. The number of hydrogen-bond acceptors (Lipinski definition) is 3. The van der Waals surface area contributed by atoms with Gasteiger partial charge in [-0.05, 0) is 31.5 Å². The van der Waals surface area contributed by atoms with E-state index in [1.165, 1.54) is 12.1 Å². The molecule has 0 radical (unpaired) electrons. The highest BCUT2D eigenvalue weighted by Gasteiger charge is 2.31. The third-order valence-electron chi connectivity index (χ3n) is 4.00. The molecule has 0 saturated carbocycles. The Morgan fingerprint density at radius 1 is 1.50 bits per heavy atom. The average Bonchev–Trinajstić information content (AvgIpc) is 3.01. The van der Waals surface area contributed by atoms with Crippen molar-refractivity contribution in [3.05, 3.63) is 29.8 Å². The summed E-state index contributed by atoms with van der Waals surface area (Å²) in [6.07, 6.45) is -4.11. The smallest absolute Gasteiger partial charge is 0.416 e. The molecule has 2 rings (SSSR count). The van der Waals surface area contributed by atoms with Crippen molar-refractivity contribution in [3.63, 3.8) is 0 Å². The van der Waals surface area contributed by atoms with E-state index in [1.54, 1.807) is 11.8 Å². The summed E-state index contributed by atoms with van der Waals surface area (Å²) in [5.41, 5.74) is -0.773. The van der Waals surface area contributed by atoms with Crippen LogP contribution in [0.2, 0.25) is 0 Å². The molecule has 5 nitrogen and oxygen atoms in total. The number of rotatable bonds is 5. The van der Waals surface area contributed by atoms with Crippen LogP contribution in [0.5, 0.6) is 5.75 Å². The maximum absolute atomic E-state index is 12.6. The fourth-order valence-electron chi connectivity index (χ4n) is 2.57. The first-order valence-electron chi connectivity index (χ1n) is 7.78. The average molecular weight is 346 g/mol. The van der Waals surface area contributed by atoms with Gasteiger partial charge in [0.05, 0.1) is 18.2 Å². The number of carbonyl (C=O) groups excluding carboxylic acids is 1. The molecule has 0 unspecified atom stereocenters. The summed E-state index contributed by atoms with van der Waals surface area (Å²) >= 11 is 0. The molecule has 8 heteroatoms. The first-order chi connectivity index (χ1) is 11.3. The predicted octanol–water partition coefficient (Wildman–Crippen LogP) is 2.50. The van der Waals surface area contributed by atoms with Gasteiger partial charge >= 0.3 is 12.2 Å². The zero-order valence-electron chi connectivity index (χ0n) is 13.3. The van der Waals surface area contributed by atoms with Crippen LogP contribution in [0.3, 0.4) is 0 Å². The molecule has 1 fully saturated rings. The molecule has 24 heavy (non-hydrogen) atoms. The molecule has 1 aliphatic rings. The van der Waals surface area contributed by atoms with Gasteiger partial charge in [-0.15, -0.1) is 0 Å². The molecular formula is C16H21F3N2O3. The normalized spacial score (nSPS) is 19.2.